The summed E-state index contributed by atoms with van der Waals surface area (Å²) in [5, 5.41) is 17.8. The van der Waals surface area contributed by atoms with Gasteiger partial charge in [0, 0.05) is 64.6 Å². The summed E-state index contributed by atoms with van der Waals surface area (Å²) >= 11 is 13.6. The number of aryl methyl sites for hydroxylation is 6. The highest BCUT2D eigenvalue weighted by Crippen LogP contribution is 2.46. The third-order valence-corrected chi connectivity index (χ3v) is 12.2. The molecule has 3 aromatic carbocycles. The number of carbonyl (C=O) groups excluding carboxylic acids is 1. The number of hydrogen-bond acceptors (Lipinski definition) is 5. The van der Waals surface area contributed by atoms with E-state index in [2.05, 4.69) is 16.5 Å². The summed E-state index contributed by atoms with van der Waals surface area (Å²) in [6.45, 7) is 13.2. The number of benzene rings is 3. The van der Waals surface area contributed by atoms with E-state index in [0.717, 1.165) is 72.1 Å². The maximum Gasteiger partial charge on any atom is 0.337 e. The van der Waals surface area contributed by atoms with Crippen LogP contribution < -0.4 is 9.64 Å². The average Bonchev–Trinajstić information content (AvgIpc) is 3.80. The number of carbonyl (C=O) groups is 2. The molecule has 0 bridgehead atoms. The lowest BCUT2D eigenvalue weighted by atomic mass is 9.98. The second kappa shape index (κ2) is 14.7. The quantitative estimate of drug-likeness (QED) is 0.138. The number of aromatic carboxylic acids is 1. The van der Waals surface area contributed by atoms with Crippen LogP contribution in [0.4, 0.5) is 5.69 Å². The molecule has 0 saturated carbocycles. The van der Waals surface area contributed by atoms with Crippen LogP contribution in [0.3, 0.4) is 0 Å². The summed E-state index contributed by atoms with van der Waals surface area (Å²) in [6, 6.07) is 17.1. The molecule has 1 unspecified atom stereocenters. The molecule has 7 aromatic rings. The van der Waals surface area contributed by atoms with E-state index in [1.165, 1.54) is 0 Å². The number of amides is 1. The number of rotatable bonds is 10. The monoisotopic (exact) mass is 802 g/mol. The Hall–Kier alpha value is -5.58. The summed E-state index contributed by atoms with van der Waals surface area (Å²) in [7, 11) is 1.92. The summed E-state index contributed by atoms with van der Waals surface area (Å²) in [5.41, 5.74) is 11.2. The lowest BCUT2D eigenvalue weighted by Gasteiger charge is -2.35. The summed E-state index contributed by atoms with van der Waals surface area (Å²) < 4.78 is 12.2. The third-order valence-electron chi connectivity index (χ3n) is 11.3. The van der Waals surface area contributed by atoms with E-state index >= 15 is 4.79 Å². The largest absolute Gasteiger partial charge is 0.494 e. The van der Waals surface area contributed by atoms with Crippen LogP contribution in [0, 0.1) is 34.6 Å². The highest BCUT2D eigenvalue weighted by molar-refractivity contribution is 6.35. The number of hydrogen-bond donors (Lipinski definition) is 1. The van der Waals surface area contributed by atoms with Crippen molar-refractivity contribution in [2.24, 2.45) is 7.05 Å². The van der Waals surface area contributed by atoms with Gasteiger partial charge in [0.15, 0.2) is 0 Å². The van der Waals surface area contributed by atoms with Gasteiger partial charge >= 0.3 is 5.97 Å². The molecule has 12 heteroatoms. The van der Waals surface area contributed by atoms with Crippen LogP contribution in [0.2, 0.25) is 10.0 Å². The van der Waals surface area contributed by atoms with Crippen molar-refractivity contribution < 1.29 is 19.4 Å². The minimum absolute atomic E-state index is 0.166. The fraction of sp³-hybridized carbons (Fsp3) is 0.289. The van der Waals surface area contributed by atoms with E-state index in [0.29, 0.717) is 59.8 Å². The zero-order valence-corrected chi connectivity index (χ0v) is 34.6. The molecule has 0 fully saturated rings. The molecule has 0 aliphatic carbocycles. The molecule has 57 heavy (non-hydrogen) atoms. The van der Waals surface area contributed by atoms with Crippen molar-refractivity contribution in [3.8, 4) is 16.9 Å². The second-order valence-corrected chi connectivity index (χ2v) is 16.0. The lowest BCUT2D eigenvalue weighted by Crippen LogP contribution is -2.43. The van der Waals surface area contributed by atoms with Crippen LogP contribution in [0.5, 0.6) is 5.75 Å². The first-order chi connectivity index (χ1) is 27.2. The van der Waals surface area contributed by atoms with Gasteiger partial charge in [0.05, 0.1) is 51.8 Å². The first-order valence-corrected chi connectivity index (χ1v) is 19.8. The SMILES string of the molecule is Cc1ccc(Cn2cc(C(=O)O)c3cccc(N4CC(C)n5c(c(CCCOc6cc(C)c(Cl)c(C)c6)c6ccc(Cl)c(-c7c(C)nn(C)c7C)c65)C4=O)c32)nc1. The Morgan fingerprint density at radius 1 is 0.965 bits per heavy atom. The average molecular weight is 804 g/mol. The van der Waals surface area contributed by atoms with E-state index < -0.39 is 5.97 Å². The van der Waals surface area contributed by atoms with Crippen molar-refractivity contribution in [2.75, 3.05) is 18.1 Å². The molecule has 1 aliphatic heterocycles. The second-order valence-electron chi connectivity index (χ2n) is 15.2. The number of para-hydroxylation sites is 1. The highest BCUT2D eigenvalue weighted by atomic mass is 35.5. The van der Waals surface area contributed by atoms with Crippen LogP contribution in [-0.2, 0) is 20.0 Å². The van der Waals surface area contributed by atoms with Crippen LogP contribution in [0.1, 0.15) is 79.6 Å². The number of nitrogens with zero attached hydrogens (tertiary/aromatic N) is 6. The van der Waals surface area contributed by atoms with E-state index in [-0.39, 0.29) is 17.5 Å². The van der Waals surface area contributed by atoms with Gasteiger partial charge in [0.1, 0.15) is 11.4 Å². The minimum Gasteiger partial charge on any atom is -0.494 e. The first-order valence-electron chi connectivity index (χ1n) is 19.1. The molecule has 1 amide bonds. The molecular formula is C45H44Cl2N6O4. The normalized spacial score (nSPS) is 14.2. The first kappa shape index (κ1) is 38.3. The lowest BCUT2D eigenvalue weighted by molar-refractivity contribution is 0.0698. The maximum absolute atomic E-state index is 15.4. The highest BCUT2D eigenvalue weighted by Gasteiger charge is 2.38. The number of carboxylic acid groups (broad SMARTS) is 1. The predicted octanol–water partition coefficient (Wildman–Crippen LogP) is 10.2. The van der Waals surface area contributed by atoms with Gasteiger partial charge in [-0.15, -0.1) is 0 Å². The molecule has 0 spiro atoms. The molecule has 1 N–H and O–H groups in total. The van der Waals surface area contributed by atoms with Crippen molar-refractivity contribution in [2.45, 2.75) is 67.0 Å². The molecule has 1 atom stereocenters. The Morgan fingerprint density at radius 2 is 1.72 bits per heavy atom. The minimum atomic E-state index is -1.04. The van der Waals surface area contributed by atoms with E-state index in [4.69, 9.17) is 33.0 Å². The summed E-state index contributed by atoms with van der Waals surface area (Å²) in [6.07, 6.45) is 4.65. The third kappa shape index (κ3) is 6.54. The van der Waals surface area contributed by atoms with Gasteiger partial charge in [-0.05, 0) is 107 Å². The Kier molecular flexibility index (Phi) is 9.90. The molecule has 292 valence electrons. The number of pyridine rings is 1. The number of ether oxygens (including phenoxy) is 1. The number of anilines is 1. The van der Waals surface area contributed by atoms with E-state index in [1.54, 1.807) is 18.5 Å². The van der Waals surface area contributed by atoms with Crippen LogP contribution in [0.15, 0.2) is 67.0 Å². The molecule has 4 aromatic heterocycles. The number of fused-ring (bicyclic) bond motifs is 4. The molecule has 0 saturated heterocycles. The van der Waals surface area contributed by atoms with Gasteiger partial charge in [0.25, 0.3) is 5.91 Å². The van der Waals surface area contributed by atoms with E-state index in [9.17, 15) is 9.90 Å². The summed E-state index contributed by atoms with van der Waals surface area (Å²) in [4.78, 5) is 34.3. The van der Waals surface area contributed by atoms with Crippen molar-refractivity contribution in [3.63, 3.8) is 0 Å². The predicted molar refractivity (Wildman–Crippen MR) is 227 cm³/mol. The molecule has 0 radical (unpaired) electrons. The Morgan fingerprint density at radius 3 is 2.39 bits per heavy atom. The number of carboxylic acids is 1. The summed E-state index contributed by atoms with van der Waals surface area (Å²) in [5.74, 6) is -0.454. The van der Waals surface area contributed by atoms with Crippen molar-refractivity contribution >= 4 is 62.6 Å². The topological polar surface area (TPSA) is 107 Å². The molecule has 1 aliphatic rings. The van der Waals surface area contributed by atoms with Crippen LogP contribution >= 0.6 is 23.2 Å². The zero-order valence-electron chi connectivity index (χ0n) is 33.1. The van der Waals surface area contributed by atoms with Crippen LogP contribution in [0.25, 0.3) is 32.9 Å². The maximum atomic E-state index is 15.4. The fourth-order valence-corrected chi connectivity index (χ4v) is 8.91. The van der Waals surface area contributed by atoms with Gasteiger partial charge in [-0.1, -0.05) is 47.5 Å². The number of aromatic nitrogens is 5. The Bertz CT molecular complexity index is 2740. The van der Waals surface area contributed by atoms with Gasteiger partial charge in [-0.2, -0.15) is 5.10 Å². The Labute approximate surface area is 341 Å². The van der Waals surface area contributed by atoms with Gasteiger partial charge in [-0.25, -0.2) is 4.79 Å². The molecule has 5 heterocycles. The molecular weight excluding hydrogens is 759 g/mol. The van der Waals surface area contributed by atoms with Gasteiger partial charge < -0.3 is 23.9 Å². The van der Waals surface area contributed by atoms with Crippen LogP contribution in [-0.4, -0.2) is 54.0 Å². The smallest absolute Gasteiger partial charge is 0.337 e. The van der Waals surface area contributed by atoms with Crippen molar-refractivity contribution in [1.82, 2.24) is 23.9 Å². The molecule has 10 nitrogen and oxygen atoms in total. The fourth-order valence-electron chi connectivity index (χ4n) is 8.56. The Balaban J connectivity index is 1.28. The van der Waals surface area contributed by atoms with Gasteiger partial charge in [-0.3, -0.25) is 14.5 Å². The van der Waals surface area contributed by atoms with Gasteiger partial charge in [0.2, 0.25) is 0 Å². The van der Waals surface area contributed by atoms with Crippen molar-refractivity contribution in [1.29, 1.82) is 0 Å². The molecule has 8 rings (SSSR count). The number of halogens is 2. The van der Waals surface area contributed by atoms with E-state index in [1.807, 2.05) is 104 Å². The standard InChI is InChI=1S/C45H44Cl2N6O4/c1-24-13-14-30(48-20-24)22-51-23-35(45(55)56)33-10-8-12-37(41(33)51)52-21-27(4)53-42-34(15-16-36(46)39(42)38-28(5)49-50(7)29(38)6)32(43(53)44(52)54)11-9-17-57-31-18-25(2)40(47)26(3)19-31/h8,10,12-16,18-20,23,27H,9,11,17,21-22H2,1-7H3,(H,55,56). The van der Waals surface area contributed by atoms with Crippen molar-refractivity contribution in [3.05, 3.63) is 128 Å². The zero-order chi connectivity index (χ0) is 40.4.